The van der Waals surface area contributed by atoms with Crippen molar-refractivity contribution in [1.82, 2.24) is 5.43 Å². The molecule has 0 radical (unpaired) electrons. The Kier molecular flexibility index (Phi) is 4.40. The average Bonchev–Trinajstić information content (AvgIpc) is 3.28. The van der Waals surface area contributed by atoms with Gasteiger partial charge in [-0.2, -0.15) is 0 Å². The quantitative estimate of drug-likeness (QED) is 0.316. The molecule has 144 valence electrons. The standard InChI is InChI=1S/C20H12FN3O5/c21-12-4-3-5-13(10-12)23-20(26)16(19(25)22-23)11-14-8-9-18(29-14)15-6-1-2-7-17(15)24(27)28/h1-11H,(H,22,25)/b16-11-. The second-order valence-corrected chi connectivity index (χ2v) is 6.10. The summed E-state index contributed by atoms with van der Waals surface area (Å²) in [5.74, 6) is -1.52. The molecule has 0 atom stereocenters. The maximum Gasteiger partial charge on any atom is 0.282 e. The van der Waals surface area contributed by atoms with Gasteiger partial charge in [-0.05, 0) is 42.5 Å². The first kappa shape index (κ1) is 18.1. The van der Waals surface area contributed by atoms with Crippen molar-refractivity contribution in [3.63, 3.8) is 0 Å². The Balaban J connectivity index is 1.65. The third-order valence-corrected chi connectivity index (χ3v) is 4.24. The molecule has 2 heterocycles. The number of rotatable bonds is 4. The zero-order chi connectivity index (χ0) is 20.5. The van der Waals surface area contributed by atoms with Crippen molar-refractivity contribution in [2.24, 2.45) is 0 Å². The number of nitrogens with one attached hydrogen (secondary N) is 1. The van der Waals surface area contributed by atoms with Crippen LogP contribution in [0.4, 0.5) is 15.8 Å². The fourth-order valence-corrected chi connectivity index (χ4v) is 2.91. The van der Waals surface area contributed by atoms with E-state index in [1.807, 2.05) is 0 Å². The molecule has 9 heteroatoms. The highest BCUT2D eigenvalue weighted by Crippen LogP contribution is 2.31. The maximum absolute atomic E-state index is 13.4. The lowest BCUT2D eigenvalue weighted by atomic mass is 10.1. The van der Waals surface area contributed by atoms with Gasteiger partial charge in [-0.15, -0.1) is 0 Å². The number of carbonyl (C=O) groups is 2. The van der Waals surface area contributed by atoms with Gasteiger partial charge in [-0.1, -0.05) is 18.2 Å². The van der Waals surface area contributed by atoms with E-state index in [0.717, 1.165) is 11.1 Å². The van der Waals surface area contributed by atoms with Crippen LogP contribution in [0.25, 0.3) is 17.4 Å². The summed E-state index contributed by atoms with van der Waals surface area (Å²) in [6.45, 7) is 0. The molecule has 4 rings (SSSR count). The molecule has 1 aliphatic heterocycles. The summed E-state index contributed by atoms with van der Waals surface area (Å²) in [5.41, 5.74) is 2.46. The largest absolute Gasteiger partial charge is 0.456 e. The van der Waals surface area contributed by atoms with Crippen molar-refractivity contribution in [1.29, 1.82) is 0 Å². The highest BCUT2D eigenvalue weighted by Gasteiger charge is 2.35. The monoisotopic (exact) mass is 393 g/mol. The zero-order valence-corrected chi connectivity index (χ0v) is 14.7. The van der Waals surface area contributed by atoms with Crippen LogP contribution in [0.3, 0.4) is 0 Å². The summed E-state index contributed by atoms with van der Waals surface area (Å²) >= 11 is 0. The molecule has 0 aliphatic carbocycles. The van der Waals surface area contributed by atoms with Gasteiger partial charge < -0.3 is 4.42 Å². The van der Waals surface area contributed by atoms with E-state index < -0.39 is 22.6 Å². The number of hydrogen-bond acceptors (Lipinski definition) is 5. The normalized spacial score (nSPS) is 15.1. The number of carbonyl (C=O) groups excluding carboxylic acids is 2. The van der Waals surface area contributed by atoms with Gasteiger partial charge in [0.1, 0.15) is 22.9 Å². The Morgan fingerprint density at radius 2 is 1.86 bits per heavy atom. The fourth-order valence-electron chi connectivity index (χ4n) is 2.91. The highest BCUT2D eigenvalue weighted by atomic mass is 19.1. The molecule has 1 N–H and O–H groups in total. The summed E-state index contributed by atoms with van der Waals surface area (Å²) in [7, 11) is 0. The van der Waals surface area contributed by atoms with Gasteiger partial charge in [0.2, 0.25) is 0 Å². The number of anilines is 1. The molecule has 3 aromatic rings. The molecule has 1 aromatic heterocycles. The van der Waals surface area contributed by atoms with E-state index in [1.165, 1.54) is 54.6 Å². The smallest absolute Gasteiger partial charge is 0.282 e. The second-order valence-electron chi connectivity index (χ2n) is 6.10. The summed E-state index contributed by atoms with van der Waals surface area (Å²) in [6, 6.07) is 14.3. The van der Waals surface area contributed by atoms with Crippen LogP contribution in [0.5, 0.6) is 0 Å². The predicted molar refractivity (Wildman–Crippen MR) is 101 cm³/mol. The van der Waals surface area contributed by atoms with Crippen molar-refractivity contribution in [3.05, 3.63) is 87.9 Å². The first-order chi connectivity index (χ1) is 13.9. The van der Waals surface area contributed by atoms with Crippen molar-refractivity contribution in [2.75, 3.05) is 5.01 Å². The summed E-state index contributed by atoms with van der Waals surface area (Å²) < 4.78 is 19.0. The van der Waals surface area contributed by atoms with Gasteiger partial charge in [-0.3, -0.25) is 25.1 Å². The molecule has 0 saturated carbocycles. The average molecular weight is 393 g/mol. The number of nitro benzene ring substituents is 1. The van der Waals surface area contributed by atoms with E-state index >= 15 is 0 Å². The fraction of sp³-hybridized carbons (Fsp3) is 0. The molecule has 0 bridgehead atoms. The van der Waals surface area contributed by atoms with Crippen LogP contribution in [0.1, 0.15) is 5.76 Å². The van der Waals surface area contributed by atoms with Crippen molar-refractivity contribution < 1.29 is 23.3 Å². The summed E-state index contributed by atoms with van der Waals surface area (Å²) in [6.07, 6.45) is 1.23. The van der Waals surface area contributed by atoms with Crippen LogP contribution in [-0.2, 0) is 9.59 Å². The van der Waals surface area contributed by atoms with E-state index in [4.69, 9.17) is 4.42 Å². The number of halogens is 1. The molecule has 1 saturated heterocycles. The Hall–Kier alpha value is -4.27. The van der Waals surface area contributed by atoms with Crippen LogP contribution in [0, 0.1) is 15.9 Å². The van der Waals surface area contributed by atoms with Crippen LogP contribution in [0.2, 0.25) is 0 Å². The Labute approximate surface area is 163 Å². The Bertz CT molecular complexity index is 1180. The third-order valence-electron chi connectivity index (χ3n) is 4.24. The van der Waals surface area contributed by atoms with E-state index in [1.54, 1.807) is 6.07 Å². The van der Waals surface area contributed by atoms with E-state index in [-0.39, 0.29) is 34.0 Å². The molecular weight excluding hydrogens is 381 g/mol. The van der Waals surface area contributed by atoms with E-state index in [9.17, 15) is 24.1 Å². The van der Waals surface area contributed by atoms with Crippen LogP contribution < -0.4 is 10.4 Å². The topological polar surface area (TPSA) is 106 Å². The van der Waals surface area contributed by atoms with Crippen molar-refractivity contribution >= 4 is 29.3 Å². The number of furan rings is 1. The molecule has 8 nitrogen and oxygen atoms in total. The lowest BCUT2D eigenvalue weighted by Crippen LogP contribution is -2.35. The summed E-state index contributed by atoms with van der Waals surface area (Å²) in [5, 5.41) is 12.1. The van der Waals surface area contributed by atoms with E-state index in [0.29, 0.717) is 0 Å². The number of hydrogen-bond donors (Lipinski definition) is 1. The van der Waals surface area contributed by atoms with Crippen LogP contribution >= 0.6 is 0 Å². The first-order valence-electron chi connectivity index (χ1n) is 8.40. The van der Waals surface area contributed by atoms with Crippen LogP contribution in [0.15, 0.2) is 70.7 Å². The molecule has 1 aliphatic rings. The minimum Gasteiger partial charge on any atom is -0.456 e. The lowest BCUT2D eigenvalue weighted by Gasteiger charge is -2.14. The number of hydrazine groups is 1. The summed E-state index contributed by atoms with van der Waals surface area (Å²) in [4.78, 5) is 35.4. The Morgan fingerprint density at radius 1 is 1.07 bits per heavy atom. The molecule has 2 aromatic carbocycles. The van der Waals surface area contributed by atoms with Gasteiger partial charge in [0.15, 0.2) is 0 Å². The lowest BCUT2D eigenvalue weighted by molar-refractivity contribution is -0.384. The minimum atomic E-state index is -0.678. The van der Waals surface area contributed by atoms with Gasteiger partial charge in [0.05, 0.1) is 16.2 Å². The number of para-hydroxylation sites is 1. The molecule has 29 heavy (non-hydrogen) atoms. The maximum atomic E-state index is 13.4. The van der Waals surface area contributed by atoms with Gasteiger partial charge in [0, 0.05) is 6.07 Å². The SMILES string of the molecule is O=C1NN(c2cccc(F)c2)C(=O)/C1=C\c1ccc(-c2ccccc2[N+](=O)[O-])o1. The molecule has 2 amide bonds. The van der Waals surface area contributed by atoms with Crippen molar-refractivity contribution in [2.45, 2.75) is 0 Å². The van der Waals surface area contributed by atoms with Gasteiger partial charge in [-0.25, -0.2) is 9.40 Å². The minimum absolute atomic E-state index is 0.131. The third kappa shape index (κ3) is 3.36. The second kappa shape index (κ2) is 7.04. The van der Waals surface area contributed by atoms with E-state index in [2.05, 4.69) is 5.43 Å². The number of benzene rings is 2. The highest BCUT2D eigenvalue weighted by molar-refractivity contribution is 6.31. The van der Waals surface area contributed by atoms with Gasteiger partial charge >= 0.3 is 0 Å². The number of amides is 2. The molecule has 1 fully saturated rings. The predicted octanol–water partition coefficient (Wildman–Crippen LogP) is 3.46. The molecular formula is C20H12FN3O5. The van der Waals surface area contributed by atoms with Gasteiger partial charge in [0.25, 0.3) is 17.5 Å². The first-order valence-corrected chi connectivity index (χ1v) is 8.40. The number of nitrogens with zero attached hydrogens (tertiary/aromatic N) is 2. The van der Waals surface area contributed by atoms with Crippen molar-refractivity contribution in [3.8, 4) is 11.3 Å². The Morgan fingerprint density at radius 3 is 2.62 bits per heavy atom. The molecule has 0 spiro atoms. The zero-order valence-electron chi connectivity index (χ0n) is 14.7. The van der Waals surface area contributed by atoms with Crippen LogP contribution in [-0.4, -0.2) is 16.7 Å². The molecule has 0 unspecified atom stereocenters. The number of nitro groups is 1.